The van der Waals surface area contributed by atoms with Gasteiger partial charge >= 0.3 is 12.2 Å². The summed E-state index contributed by atoms with van der Waals surface area (Å²) in [5.41, 5.74) is 22.3. The lowest BCUT2D eigenvalue weighted by atomic mass is 10.1. The summed E-state index contributed by atoms with van der Waals surface area (Å²) in [6, 6.07) is 57.3. The van der Waals surface area contributed by atoms with Gasteiger partial charge in [-0.1, -0.05) is 69.6 Å². The average Bonchev–Trinajstić information content (AvgIpc) is 0.785. The van der Waals surface area contributed by atoms with Gasteiger partial charge in [0.05, 0.1) is 199 Å². The van der Waals surface area contributed by atoms with Crippen LogP contribution in [0.4, 0.5) is 32.3 Å². The molecule has 0 atom stereocenters. The Balaban J connectivity index is 0.000000177. The van der Waals surface area contributed by atoms with Gasteiger partial charge in [0, 0.05) is 131 Å². The Kier molecular flexibility index (Phi) is 36.9. The van der Waals surface area contributed by atoms with Crippen LogP contribution in [0.5, 0.6) is 28.7 Å². The van der Waals surface area contributed by atoms with Crippen molar-refractivity contribution >= 4 is 214 Å². The minimum absolute atomic E-state index is 0.0170. The smallest absolute Gasteiger partial charge is 0.413 e. The van der Waals surface area contributed by atoms with Crippen LogP contribution in [0.1, 0.15) is 0 Å². The van der Waals surface area contributed by atoms with E-state index in [-0.39, 0.29) is 26.9 Å². The van der Waals surface area contributed by atoms with Crippen molar-refractivity contribution in [1.29, 1.82) is 0 Å². The number of ether oxygens (including phenoxy) is 13. The van der Waals surface area contributed by atoms with Gasteiger partial charge in [-0.15, -0.1) is 0 Å². The molecule has 0 fully saturated rings. The van der Waals surface area contributed by atoms with Gasteiger partial charge in [-0.3, -0.25) is 4.90 Å². The number of halogens is 6. The normalized spacial score (nSPS) is 11.2. The van der Waals surface area contributed by atoms with E-state index in [1.807, 2.05) is 182 Å². The lowest BCUT2D eigenvalue weighted by molar-refractivity contribution is -0.0338. The fourth-order valence-electron chi connectivity index (χ4n) is 14.2. The highest BCUT2D eigenvalue weighted by Crippen LogP contribution is 2.40. The third kappa shape index (κ3) is 26.1. The molecule has 0 unspecified atom stereocenters. The van der Waals surface area contributed by atoms with Crippen molar-refractivity contribution in [3.05, 3.63) is 212 Å². The second kappa shape index (κ2) is 49.1. The molecule has 10 aromatic carbocycles. The van der Waals surface area contributed by atoms with Crippen LogP contribution in [0.3, 0.4) is 0 Å². The van der Waals surface area contributed by atoms with Gasteiger partial charge in [0.15, 0.2) is 0 Å². The number of methoxy groups -OCH3 is 7. The number of aromatic nitrogens is 5. The molecule has 15 aromatic rings. The maximum Gasteiger partial charge on any atom is 0.413 e. The third-order valence-corrected chi connectivity index (χ3v) is 22.3. The number of likely N-dealkylation sites (N-methyl/N-ethyl adjacent to an activating group) is 1. The first-order valence-electron chi connectivity index (χ1n) is 41.4. The number of carbonyl (C=O) groups excluding carboxylic acids is 2. The maximum atomic E-state index is 12.5. The number of pyridine rings is 5. The molecule has 0 aliphatic carbocycles. The van der Waals surface area contributed by atoms with Gasteiger partial charge in [-0.2, -0.15) is 0 Å². The Hall–Kier alpha value is -11.3. The highest BCUT2D eigenvalue weighted by atomic mass is 35.5. The number of carbonyl (C=O) groups is 2. The number of hydrogen-bond donors (Lipinski definition) is 6. The van der Waals surface area contributed by atoms with Crippen LogP contribution in [0.2, 0.25) is 30.1 Å². The number of hydrogen-bond acceptors (Lipinski definition) is 27. The molecule has 0 saturated heterocycles. The molecule has 130 heavy (non-hydrogen) atoms. The Morgan fingerprint density at radius 1 is 0.292 bits per heavy atom. The summed E-state index contributed by atoms with van der Waals surface area (Å²) in [5, 5.41) is 27.5. The van der Waals surface area contributed by atoms with Crippen LogP contribution < -0.4 is 56.4 Å². The van der Waals surface area contributed by atoms with Crippen LogP contribution in [0, 0.1) is 0 Å². The zero-order valence-corrected chi connectivity index (χ0v) is 77.6. The van der Waals surface area contributed by atoms with Gasteiger partial charge < -0.3 is 104 Å². The molecule has 35 heteroatoms. The third-order valence-electron chi connectivity index (χ3n) is 20.7. The SMILES string of the molecule is COC(=O)N(CCOCCNc1c2ccc(Cl)cc2nc2ccc(OC)cc12)CCOCCNc1c2ccc(Cl)cc2nc2ccc(OC)cc12.COC(=O)N(COCN)COCN.COc1ccc2nc3cc(Cl)ccc3c(Cl)c2c1.COc1ccc2nc3cc(Cl)ccc3c(NCCOCCN(C)CCOCCNc3c4ccc(Cl)cc4nc4ccc(OC)cc34)c2c1. The van der Waals surface area contributed by atoms with E-state index in [0.29, 0.717) is 122 Å². The highest BCUT2D eigenvalue weighted by Gasteiger charge is 2.20. The van der Waals surface area contributed by atoms with Crippen LogP contribution >= 0.6 is 69.6 Å². The zero-order valence-electron chi connectivity index (χ0n) is 73.1. The number of nitrogens with zero attached hydrogens (tertiary/aromatic N) is 8. The van der Waals surface area contributed by atoms with E-state index in [2.05, 4.69) is 42.9 Å². The molecule has 5 aromatic heterocycles. The summed E-state index contributed by atoms with van der Waals surface area (Å²) < 4.78 is 69.8. The first-order valence-corrected chi connectivity index (χ1v) is 43.7. The van der Waals surface area contributed by atoms with Gasteiger partial charge in [0.1, 0.15) is 42.2 Å². The monoisotopic (exact) mass is 1890 g/mol. The fraction of sp³-hybridized carbons (Fsp3) is 0.295. The van der Waals surface area contributed by atoms with Gasteiger partial charge in [0.25, 0.3) is 0 Å². The number of anilines is 4. The molecule has 0 saturated carbocycles. The van der Waals surface area contributed by atoms with Crippen molar-refractivity contribution in [2.45, 2.75) is 0 Å². The van der Waals surface area contributed by atoms with E-state index in [9.17, 15) is 9.59 Å². The Morgan fingerprint density at radius 2 is 0.546 bits per heavy atom. The fourth-order valence-corrected chi connectivity index (χ4v) is 15.3. The number of amides is 2. The van der Waals surface area contributed by atoms with Crippen molar-refractivity contribution < 1.29 is 71.2 Å². The average molecular weight is 1890 g/mol. The van der Waals surface area contributed by atoms with E-state index in [1.165, 1.54) is 19.1 Å². The van der Waals surface area contributed by atoms with Crippen LogP contribution in [0.15, 0.2) is 182 Å². The zero-order chi connectivity index (χ0) is 92.0. The molecule has 0 aliphatic rings. The largest absolute Gasteiger partial charge is 0.497 e. The summed E-state index contributed by atoms with van der Waals surface area (Å²) in [5.74, 6) is 3.80. The molecule has 8 N–H and O–H groups in total. The standard InChI is InChI=1S/C38H39Cl2N5O6.C37H39Cl2N5O4.C14H9Cl2NO.C6H15N3O4/c1-47-26-6-10-32-30(22-26)36(28-8-4-24(39)20-34(28)43-32)41-12-16-50-18-14-45(38(46)49-3)15-19-51-17-13-42-37-29-9-5-25(40)21-35(29)44-33-11-7-27(48-2)23-31(33)37;1-44(14-18-47-16-12-40-36-28-8-4-24(38)20-34(28)42-32-10-6-26(45-2)22-30(32)36)15-19-48-17-13-41-37-29-9-5-25(39)21-35(29)43-33-11-7-27(46-3)23-31(33)37;1-18-9-3-5-12-11(7-9)14(16)10-4-2-8(15)6-13(10)17-12;1-11-6(10)9(4-12-2-7)5-13-3-8/h4-11,20-23H,12-19H2,1-3H3,(H,41,43)(H,42,44);4-11,20-23H,12-19H2,1-3H3,(H,40,42)(H,41,43);2-7H,1H3;2-5,7-8H2,1H3. The first kappa shape index (κ1) is 97.7. The summed E-state index contributed by atoms with van der Waals surface area (Å²) in [7, 11) is 12.9. The predicted octanol–water partition coefficient (Wildman–Crippen LogP) is 19.5. The van der Waals surface area contributed by atoms with Crippen molar-refractivity contribution in [2.75, 3.05) is 210 Å². The minimum Gasteiger partial charge on any atom is -0.497 e. The van der Waals surface area contributed by atoms with Crippen LogP contribution in [0.25, 0.3) is 109 Å². The number of benzene rings is 10. The quantitative estimate of drug-likeness (QED) is 0.0118. The summed E-state index contributed by atoms with van der Waals surface area (Å²) in [4.78, 5) is 52.1. The van der Waals surface area contributed by atoms with E-state index in [0.717, 1.165) is 174 Å². The number of nitrogens with one attached hydrogen (secondary N) is 4. The van der Waals surface area contributed by atoms with Crippen LogP contribution in [-0.2, 0) is 37.9 Å². The first-order chi connectivity index (χ1) is 63.2. The predicted molar refractivity (Wildman–Crippen MR) is 522 cm³/mol. The molecule has 29 nitrogen and oxygen atoms in total. The Bertz CT molecular complexity index is 6110. The number of nitrogens with two attached hydrogens (primary N) is 2. The Morgan fingerprint density at radius 3 is 0.823 bits per heavy atom. The molecule has 0 radical (unpaired) electrons. The molecule has 0 spiro atoms. The van der Waals surface area contributed by atoms with E-state index in [1.54, 1.807) is 40.4 Å². The van der Waals surface area contributed by atoms with E-state index >= 15 is 0 Å². The summed E-state index contributed by atoms with van der Waals surface area (Å²) in [6.45, 7) is 8.61. The summed E-state index contributed by atoms with van der Waals surface area (Å²) in [6.07, 6.45) is -0.995. The van der Waals surface area contributed by atoms with Crippen molar-refractivity contribution in [1.82, 2.24) is 39.6 Å². The number of fused-ring (bicyclic) bond motifs is 10. The maximum absolute atomic E-state index is 12.5. The Labute approximate surface area is 781 Å². The molecule has 684 valence electrons. The molecule has 0 aliphatic heterocycles. The van der Waals surface area contributed by atoms with Gasteiger partial charge in [0.2, 0.25) is 0 Å². The topological polar surface area (TPSA) is 328 Å². The van der Waals surface area contributed by atoms with Crippen molar-refractivity contribution in [2.24, 2.45) is 11.5 Å². The lowest BCUT2D eigenvalue weighted by Crippen LogP contribution is -2.37. The highest BCUT2D eigenvalue weighted by molar-refractivity contribution is 6.41. The second-order valence-electron chi connectivity index (χ2n) is 29.0. The molecule has 5 heterocycles. The minimum atomic E-state index is -0.554. The van der Waals surface area contributed by atoms with Crippen LogP contribution in [-0.4, -0.2) is 241 Å². The molecule has 15 rings (SSSR count). The van der Waals surface area contributed by atoms with Gasteiger partial charge in [-0.05, 0) is 189 Å². The second-order valence-corrected chi connectivity index (χ2v) is 31.6. The van der Waals surface area contributed by atoms with Gasteiger partial charge in [-0.25, -0.2) is 34.5 Å². The van der Waals surface area contributed by atoms with Crippen molar-refractivity contribution in [3.8, 4) is 28.7 Å². The van der Waals surface area contributed by atoms with E-state index in [4.69, 9.17) is 158 Å². The van der Waals surface area contributed by atoms with E-state index < -0.39 is 12.2 Å². The summed E-state index contributed by atoms with van der Waals surface area (Å²) >= 11 is 37.4. The lowest BCUT2D eigenvalue weighted by Gasteiger charge is -2.21. The molecular weight excluding hydrogens is 1790 g/mol. The van der Waals surface area contributed by atoms with Crippen molar-refractivity contribution in [3.63, 3.8) is 0 Å². The number of rotatable bonds is 39. The molecular formula is C95H102Cl6N14O15. The molecule has 2 amide bonds. The molecule has 0 bridgehead atoms.